The molecule has 0 bridgehead atoms. The molecule has 0 saturated carbocycles. The standard InChI is InChI=1S/C19H24N8O2S/c1-4-14-22-18(29-26-14)13-9-20-11(3)21-16(13)27-8-6-7-12(10-27)17(28)23-19-25-24-15(5-2)30-19/h9,12H,4-8,10H2,1-3H3,(H,23,25,28). The van der Waals surface area contributed by atoms with E-state index >= 15 is 0 Å². The molecule has 1 aliphatic rings. The van der Waals surface area contributed by atoms with Crippen LogP contribution in [0.2, 0.25) is 0 Å². The van der Waals surface area contributed by atoms with E-state index in [-0.39, 0.29) is 11.8 Å². The van der Waals surface area contributed by atoms with E-state index in [0.29, 0.717) is 41.2 Å². The number of hydrogen-bond acceptors (Lipinski definition) is 10. The number of aromatic nitrogens is 6. The predicted octanol–water partition coefficient (Wildman–Crippen LogP) is 2.67. The van der Waals surface area contributed by atoms with Crippen molar-refractivity contribution in [2.75, 3.05) is 23.3 Å². The molecule has 1 atom stereocenters. The molecule has 4 heterocycles. The summed E-state index contributed by atoms with van der Waals surface area (Å²) >= 11 is 1.41. The SMILES string of the molecule is CCc1noc(-c2cnc(C)nc2N2CCCC(C(=O)Nc3nnc(CC)s3)C2)n1. The topological polar surface area (TPSA) is 123 Å². The van der Waals surface area contributed by atoms with E-state index in [2.05, 4.69) is 40.5 Å². The summed E-state index contributed by atoms with van der Waals surface area (Å²) in [6.07, 6.45) is 4.88. The fourth-order valence-corrected chi connectivity index (χ4v) is 4.08. The van der Waals surface area contributed by atoms with Crippen molar-refractivity contribution >= 4 is 28.2 Å². The first-order valence-electron chi connectivity index (χ1n) is 10.1. The van der Waals surface area contributed by atoms with Crippen molar-refractivity contribution in [1.82, 2.24) is 30.3 Å². The fraction of sp³-hybridized carbons (Fsp3) is 0.526. The molecule has 1 unspecified atom stereocenters. The number of carbonyl (C=O) groups is 1. The summed E-state index contributed by atoms with van der Waals surface area (Å²) in [5.41, 5.74) is 0.686. The van der Waals surface area contributed by atoms with Gasteiger partial charge in [0.2, 0.25) is 11.0 Å². The average molecular weight is 429 g/mol. The first-order valence-corrected chi connectivity index (χ1v) is 10.9. The monoisotopic (exact) mass is 428 g/mol. The van der Waals surface area contributed by atoms with Gasteiger partial charge in [0, 0.05) is 25.7 Å². The van der Waals surface area contributed by atoms with Gasteiger partial charge >= 0.3 is 0 Å². The number of nitrogens with one attached hydrogen (secondary N) is 1. The molecule has 30 heavy (non-hydrogen) atoms. The van der Waals surface area contributed by atoms with Crippen molar-refractivity contribution in [2.24, 2.45) is 5.92 Å². The Balaban J connectivity index is 1.54. The van der Waals surface area contributed by atoms with Gasteiger partial charge in [-0.2, -0.15) is 4.98 Å². The van der Waals surface area contributed by atoms with E-state index in [9.17, 15) is 4.79 Å². The minimum atomic E-state index is -0.176. The molecule has 1 saturated heterocycles. The first-order chi connectivity index (χ1) is 14.6. The van der Waals surface area contributed by atoms with Crippen molar-refractivity contribution < 1.29 is 9.32 Å². The van der Waals surface area contributed by atoms with Crippen molar-refractivity contribution in [2.45, 2.75) is 46.5 Å². The van der Waals surface area contributed by atoms with Crippen LogP contribution in [0.1, 0.15) is 43.3 Å². The zero-order valence-electron chi connectivity index (χ0n) is 17.3. The van der Waals surface area contributed by atoms with E-state index in [1.807, 2.05) is 20.8 Å². The molecule has 1 amide bonds. The number of rotatable bonds is 6. The number of anilines is 2. The van der Waals surface area contributed by atoms with Crippen LogP contribution in [0, 0.1) is 12.8 Å². The molecule has 10 nitrogen and oxygen atoms in total. The minimum Gasteiger partial charge on any atom is -0.355 e. The largest absolute Gasteiger partial charge is 0.355 e. The number of carbonyl (C=O) groups excluding carboxylic acids is 1. The highest BCUT2D eigenvalue weighted by atomic mass is 32.1. The Morgan fingerprint density at radius 3 is 2.90 bits per heavy atom. The second-order valence-electron chi connectivity index (χ2n) is 7.15. The van der Waals surface area contributed by atoms with E-state index in [1.165, 1.54) is 11.3 Å². The third-order valence-corrected chi connectivity index (χ3v) is 5.98. The van der Waals surface area contributed by atoms with Gasteiger partial charge in [-0.1, -0.05) is 30.3 Å². The molecular formula is C19H24N8O2S. The molecule has 0 radical (unpaired) electrons. The van der Waals surface area contributed by atoms with E-state index in [1.54, 1.807) is 6.20 Å². The summed E-state index contributed by atoms with van der Waals surface area (Å²) in [7, 11) is 0. The Bertz CT molecular complexity index is 1030. The van der Waals surface area contributed by atoms with Gasteiger partial charge in [0.25, 0.3) is 5.89 Å². The van der Waals surface area contributed by atoms with Crippen LogP contribution < -0.4 is 10.2 Å². The number of piperidine rings is 1. The van der Waals surface area contributed by atoms with Crippen molar-refractivity contribution in [3.63, 3.8) is 0 Å². The van der Waals surface area contributed by atoms with Crippen LogP contribution in [-0.4, -0.2) is 49.3 Å². The lowest BCUT2D eigenvalue weighted by atomic mass is 9.97. The Morgan fingerprint density at radius 2 is 2.17 bits per heavy atom. The number of hydrogen-bond donors (Lipinski definition) is 1. The molecule has 158 valence electrons. The van der Waals surface area contributed by atoms with Crippen LogP contribution >= 0.6 is 11.3 Å². The third-order valence-electron chi connectivity index (χ3n) is 4.99. The molecule has 0 aromatic carbocycles. The van der Waals surface area contributed by atoms with Crippen LogP contribution in [0.5, 0.6) is 0 Å². The van der Waals surface area contributed by atoms with Gasteiger partial charge in [0.1, 0.15) is 22.2 Å². The van der Waals surface area contributed by atoms with E-state index in [4.69, 9.17) is 4.52 Å². The quantitative estimate of drug-likeness (QED) is 0.631. The van der Waals surface area contributed by atoms with Crippen LogP contribution in [-0.2, 0) is 17.6 Å². The fourth-order valence-electron chi connectivity index (χ4n) is 3.39. The second kappa shape index (κ2) is 8.82. The summed E-state index contributed by atoms with van der Waals surface area (Å²) < 4.78 is 5.42. The molecule has 0 aliphatic carbocycles. The van der Waals surface area contributed by atoms with Crippen LogP contribution in [0.25, 0.3) is 11.5 Å². The number of nitrogens with zero attached hydrogens (tertiary/aromatic N) is 7. The van der Waals surface area contributed by atoms with Gasteiger partial charge in [-0.3, -0.25) is 4.79 Å². The molecule has 1 aliphatic heterocycles. The molecule has 1 N–H and O–H groups in total. The molecule has 4 rings (SSSR count). The molecule has 3 aromatic rings. The van der Waals surface area contributed by atoms with E-state index < -0.39 is 0 Å². The molecule has 1 fully saturated rings. The summed E-state index contributed by atoms with van der Waals surface area (Å²) in [4.78, 5) is 28.3. The normalized spacial score (nSPS) is 16.6. The summed E-state index contributed by atoms with van der Waals surface area (Å²) in [5.74, 6) is 2.18. The molecular weight excluding hydrogens is 404 g/mol. The lowest BCUT2D eigenvalue weighted by Crippen LogP contribution is -2.41. The lowest BCUT2D eigenvalue weighted by molar-refractivity contribution is -0.120. The Hall–Kier alpha value is -2.95. The lowest BCUT2D eigenvalue weighted by Gasteiger charge is -2.33. The smallest absolute Gasteiger partial charge is 0.263 e. The van der Waals surface area contributed by atoms with Crippen LogP contribution in [0.4, 0.5) is 10.9 Å². The maximum absolute atomic E-state index is 12.8. The number of aryl methyl sites for hydroxylation is 3. The Kier molecular flexibility index (Phi) is 5.98. The maximum atomic E-state index is 12.8. The maximum Gasteiger partial charge on any atom is 0.263 e. The second-order valence-corrected chi connectivity index (χ2v) is 8.21. The number of amides is 1. The zero-order chi connectivity index (χ0) is 21.1. The molecule has 11 heteroatoms. The molecule has 3 aromatic heterocycles. The summed E-state index contributed by atoms with van der Waals surface area (Å²) in [6, 6.07) is 0. The highest BCUT2D eigenvalue weighted by molar-refractivity contribution is 7.15. The molecule has 0 spiro atoms. The van der Waals surface area contributed by atoms with Gasteiger partial charge in [-0.15, -0.1) is 10.2 Å². The average Bonchev–Trinajstić information content (AvgIpc) is 3.43. The Morgan fingerprint density at radius 1 is 1.30 bits per heavy atom. The van der Waals surface area contributed by atoms with Gasteiger partial charge in [-0.25, -0.2) is 9.97 Å². The summed E-state index contributed by atoms with van der Waals surface area (Å²) in [6.45, 7) is 7.16. The van der Waals surface area contributed by atoms with Gasteiger partial charge in [0.15, 0.2) is 5.82 Å². The van der Waals surface area contributed by atoms with Gasteiger partial charge < -0.3 is 14.7 Å². The van der Waals surface area contributed by atoms with Crippen LogP contribution in [0.3, 0.4) is 0 Å². The highest BCUT2D eigenvalue weighted by Crippen LogP contribution is 2.31. The zero-order valence-corrected chi connectivity index (χ0v) is 18.1. The van der Waals surface area contributed by atoms with Gasteiger partial charge in [0.05, 0.1) is 5.92 Å². The van der Waals surface area contributed by atoms with Crippen LogP contribution in [0.15, 0.2) is 10.7 Å². The third kappa shape index (κ3) is 4.30. The minimum absolute atomic E-state index is 0.0445. The highest BCUT2D eigenvalue weighted by Gasteiger charge is 2.29. The van der Waals surface area contributed by atoms with E-state index in [0.717, 1.165) is 36.6 Å². The van der Waals surface area contributed by atoms with Gasteiger partial charge in [-0.05, 0) is 26.2 Å². The summed E-state index contributed by atoms with van der Waals surface area (Å²) in [5, 5.41) is 16.5. The van der Waals surface area contributed by atoms with Crippen molar-refractivity contribution in [3.8, 4) is 11.5 Å². The first kappa shape index (κ1) is 20.3. The predicted molar refractivity (Wildman–Crippen MR) is 112 cm³/mol. The Labute approximate surface area is 178 Å². The van der Waals surface area contributed by atoms with Crippen molar-refractivity contribution in [3.05, 3.63) is 22.9 Å². The van der Waals surface area contributed by atoms with Crippen molar-refractivity contribution in [1.29, 1.82) is 0 Å².